The quantitative estimate of drug-likeness (QED) is 0.314. The standard InChI is InChI=1S/C28H28F3N7O2/c1-3-40-25-17-37(15-19-6-4-5-7-23(19)28(29,30)31)16-21(25)12-34-27(39)36-26-11-20-13-35-38(24(20)14-33-26)22-8-9-32-18(2)10-22/h4-14,21,25H,3,15-17H2,1-2H3,(H,33,36,39)/t21?,25-/m0/s1. The SMILES string of the molecule is CCO[C@H]1CN(Cc2ccccc2C(F)(F)F)CC1C=NC(=O)Nc1cc2cnn(-c3ccnc(C)c3)c2cn1. The first-order valence-corrected chi connectivity index (χ1v) is 12.8. The number of aromatic nitrogens is 4. The van der Waals surface area contributed by atoms with Crippen LogP contribution in [-0.2, 0) is 17.5 Å². The second kappa shape index (κ2) is 11.5. The van der Waals surface area contributed by atoms with Crippen LogP contribution < -0.4 is 5.32 Å². The Bertz CT molecular complexity index is 1540. The molecule has 0 spiro atoms. The molecule has 3 aromatic heterocycles. The smallest absolute Gasteiger partial charge is 0.376 e. The third-order valence-corrected chi connectivity index (χ3v) is 6.68. The molecule has 4 aromatic rings. The summed E-state index contributed by atoms with van der Waals surface area (Å²) in [6.07, 6.45) is 1.80. The molecule has 1 unspecified atom stereocenters. The minimum Gasteiger partial charge on any atom is -0.376 e. The van der Waals surface area contributed by atoms with Crippen LogP contribution in [0.5, 0.6) is 0 Å². The maximum absolute atomic E-state index is 13.4. The van der Waals surface area contributed by atoms with Gasteiger partial charge in [0, 0.05) is 55.7 Å². The Morgan fingerprint density at radius 3 is 2.77 bits per heavy atom. The number of hydrogen-bond donors (Lipinski definition) is 1. The highest BCUT2D eigenvalue weighted by molar-refractivity contribution is 5.95. The van der Waals surface area contributed by atoms with E-state index in [9.17, 15) is 18.0 Å². The lowest BCUT2D eigenvalue weighted by molar-refractivity contribution is -0.138. The highest BCUT2D eigenvalue weighted by Crippen LogP contribution is 2.33. The molecule has 12 heteroatoms. The third-order valence-electron chi connectivity index (χ3n) is 6.68. The van der Waals surface area contributed by atoms with Crippen LogP contribution in [0.15, 0.2) is 66.0 Å². The van der Waals surface area contributed by atoms with Gasteiger partial charge in [0.15, 0.2) is 0 Å². The number of carbonyl (C=O) groups is 1. The number of carbonyl (C=O) groups excluding carboxylic acids is 1. The van der Waals surface area contributed by atoms with Crippen molar-refractivity contribution in [2.24, 2.45) is 10.9 Å². The zero-order valence-electron chi connectivity index (χ0n) is 22.0. The first-order valence-electron chi connectivity index (χ1n) is 12.8. The van der Waals surface area contributed by atoms with Gasteiger partial charge in [-0.15, -0.1) is 0 Å². The average molecular weight is 552 g/mol. The van der Waals surface area contributed by atoms with E-state index in [0.29, 0.717) is 25.5 Å². The number of amides is 2. The Morgan fingerprint density at radius 2 is 2.00 bits per heavy atom. The molecular formula is C28H28F3N7O2. The molecule has 2 amide bonds. The van der Waals surface area contributed by atoms with E-state index in [2.05, 4.69) is 25.4 Å². The lowest BCUT2D eigenvalue weighted by Gasteiger charge is -2.19. The van der Waals surface area contributed by atoms with Crippen LogP contribution in [0.2, 0.25) is 0 Å². The Morgan fingerprint density at radius 1 is 1.18 bits per heavy atom. The number of hydrogen-bond acceptors (Lipinski definition) is 6. The summed E-state index contributed by atoms with van der Waals surface area (Å²) < 4.78 is 47.9. The maximum Gasteiger partial charge on any atom is 0.416 e. The second-order valence-electron chi connectivity index (χ2n) is 9.56. The number of benzene rings is 1. The predicted octanol–water partition coefficient (Wildman–Crippen LogP) is 5.28. The van der Waals surface area contributed by atoms with Crippen molar-refractivity contribution in [2.45, 2.75) is 32.7 Å². The fourth-order valence-electron chi connectivity index (χ4n) is 4.89. The molecule has 0 saturated carbocycles. The van der Waals surface area contributed by atoms with E-state index in [-0.39, 0.29) is 24.1 Å². The number of halogens is 3. The Balaban J connectivity index is 1.25. The zero-order chi connectivity index (χ0) is 28.3. The molecule has 0 bridgehead atoms. The van der Waals surface area contributed by atoms with E-state index in [0.717, 1.165) is 28.4 Å². The Labute approximate surface area is 228 Å². The maximum atomic E-state index is 13.4. The first-order chi connectivity index (χ1) is 19.2. The molecule has 5 rings (SSSR count). The molecule has 208 valence electrons. The Kier molecular flexibility index (Phi) is 7.90. The van der Waals surface area contributed by atoms with Crippen LogP contribution in [-0.4, -0.2) is 62.7 Å². The van der Waals surface area contributed by atoms with Crippen LogP contribution in [0.25, 0.3) is 16.6 Å². The van der Waals surface area contributed by atoms with Gasteiger partial charge in [0.25, 0.3) is 0 Å². The molecule has 1 N–H and O–H groups in total. The highest BCUT2D eigenvalue weighted by Gasteiger charge is 2.36. The van der Waals surface area contributed by atoms with Gasteiger partial charge in [-0.2, -0.15) is 18.3 Å². The van der Waals surface area contributed by atoms with Crippen LogP contribution >= 0.6 is 0 Å². The number of nitrogens with one attached hydrogen (secondary N) is 1. The van der Waals surface area contributed by atoms with Crippen molar-refractivity contribution in [2.75, 3.05) is 25.0 Å². The van der Waals surface area contributed by atoms with Gasteiger partial charge in [-0.05, 0) is 43.7 Å². The molecule has 40 heavy (non-hydrogen) atoms. The molecule has 1 fully saturated rings. The van der Waals surface area contributed by atoms with Gasteiger partial charge < -0.3 is 4.74 Å². The summed E-state index contributed by atoms with van der Waals surface area (Å²) in [6.45, 7) is 5.14. The summed E-state index contributed by atoms with van der Waals surface area (Å²) in [5, 5.41) is 7.87. The van der Waals surface area contributed by atoms with Crippen LogP contribution in [0.1, 0.15) is 23.7 Å². The summed E-state index contributed by atoms with van der Waals surface area (Å²) >= 11 is 0. The van der Waals surface area contributed by atoms with Gasteiger partial charge in [0.2, 0.25) is 0 Å². The van der Waals surface area contributed by atoms with Crippen molar-refractivity contribution in [3.63, 3.8) is 0 Å². The third kappa shape index (κ3) is 6.18. The Hall–Kier alpha value is -4.16. The van der Waals surface area contributed by atoms with Crippen molar-refractivity contribution in [1.29, 1.82) is 0 Å². The van der Waals surface area contributed by atoms with Gasteiger partial charge in [-0.3, -0.25) is 15.2 Å². The van der Waals surface area contributed by atoms with E-state index in [1.807, 2.05) is 30.9 Å². The predicted molar refractivity (Wildman–Crippen MR) is 145 cm³/mol. The molecule has 1 aromatic carbocycles. The summed E-state index contributed by atoms with van der Waals surface area (Å²) in [6, 6.07) is 10.4. The van der Waals surface area contributed by atoms with Gasteiger partial charge >= 0.3 is 12.2 Å². The summed E-state index contributed by atoms with van der Waals surface area (Å²) in [7, 11) is 0. The molecule has 2 atom stereocenters. The van der Waals surface area contributed by atoms with Crippen LogP contribution in [0.4, 0.5) is 23.8 Å². The van der Waals surface area contributed by atoms with Gasteiger partial charge in [-0.25, -0.2) is 19.5 Å². The van der Waals surface area contributed by atoms with Crippen molar-refractivity contribution in [3.05, 3.63) is 77.9 Å². The lowest BCUT2D eigenvalue weighted by Crippen LogP contribution is -2.25. The molecular weight excluding hydrogens is 523 g/mol. The van der Waals surface area contributed by atoms with Crippen molar-refractivity contribution in [3.8, 4) is 5.69 Å². The molecule has 1 aliphatic heterocycles. The minimum atomic E-state index is -4.43. The van der Waals surface area contributed by atoms with E-state index in [1.54, 1.807) is 35.4 Å². The van der Waals surface area contributed by atoms with Crippen molar-refractivity contribution >= 4 is 29.0 Å². The normalized spacial score (nSPS) is 18.1. The van der Waals surface area contributed by atoms with E-state index >= 15 is 0 Å². The number of urea groups is 1. The number of fused-ring (bicyclic) bond motifs is 1. The highest BCUT2D eigenvalue weighted by atomic mass is 19.4. The number of anilines is 1. The number of nitrogens with zero attached hydrogens (tertiary/aromatic N) is 6. The van der Waals surface area contributed by atoms with E-state index in [4.69, 9.17) is 4.74 Å². The molecule has 9 nitrogen and oxygen atoms in total. The number of rotatable bonds is 7. The largest absolute Gasteiger partial charge is 0.416 e. The molecule has 1 saturated heterocycles. The summed E-state index contributed by atoms with van der Waals surface area (Å²) in [5.41, 5.74) is 2.03. The monoisotopic (exact) mass is 551 g/mol. The van der Waals surface area contributed by atoms with Gasteiger partial charge in [-0.1, -0.05) is 18.2 Å². The van der Waals surface area contributed by atoms with Gasteiger partial charge in [0.1, 0.15) is 5.82 Å². The summed E-state index contributed by atoms with van der Waals surface area (Å²) in [5.74, 6) is 0.0551. The lowest BCUT2D eigenvalue weighted by atomic mass is 10.1. The number of likely N-dealkylation sites (tertiary alicyclic amines) is 1. The average Bonchev–Trinajstić information content (AvgIpc) is 3.51. The second-order valence-corrected chi connectivity index (χ2v) is 9.56. The van der Waals surface area contributed by atoms with E-state index in [1.165, 1.54) is 18.3 Å². The minimum absolute atomic E-state index is 0.118. The number of aliphatic imine (C=N–C) groups is 1. The summed E-state index contributed by atoms with van der Waals surface area (Å²) in [4.78, 5) is 27.1. The zero-order valence-corrected chi connectivity index (χ0v) is 22.0. The van der Waals surface area contributed by atoms with Crippen LogP contribution in [0.3, 0.4) is 0 Å². The van der Waals surface area contributed by atoms with E-state index < -0.39 is 17.8 Å². The molecule has 1 aliphatic rings. The molecule has 4 heterocycles. The number of alkyl halides is 3. The van der Waals surface area contributed by atoms with Crippen molar-refractivity contribution in [1.82, 2.24) is 24.6 Å². The fraction of sp³-hybridized carbons (Fsp3) is 0.321. The first kappa shape index (κ1) is 27.4. The van der Waals surface area contributed by atoms with Crippen LogP contribution in [0, 0.1) is 12.8 Å². The number of pyridine rings is 2. The number of aryl methyl sites for hydroxylation is 1. The molecule has 0 radical (unpaired) electrons. The molecule has 0 aliphatic carbocycles. The van der Waals surface area contributed by atoms with Crippen molar-refractivity contribution < 1.29 is 22.7 Å². The number of ether oxygens (including phenoxy) is 1. The van der Waals surface area contributed by atoms with Gasteiger partial charge in [0.05, 0.1) is 35.3 Å². The fourth-order valence-corrected chi connectivity index (χ4v) is 4.89. The topological polar surface area (TPSA) is 97.5 Å².